The standard InChI is InChI=1S/C21H24F3N5O2/c22-21(23,24)16-3-1-2-15(12-16)19(30)26-17-6-4-14(5-7-17)13-28-10-8-18(27-28)29-11-9-25-20(29)31/h1-3,8,10,12,14,17H,4-7,9,11,13H2,(H,25,31)(H,26,30). The maximum absolute atomic E-state index is 12.9. The molecule has 2 aromatic rings. The van der Waals surface area contributed by atoms with Gasteiger partial charge in [0.2, 0.25) is 0 Å². The fourth-order valence-corrected chi connectivity index (χ4v) is 4.15. The van der Waals surface area contributed by atoms with Crippen molar-refractivity contribution in [2.45, 2.75) is 44.4 Å². The molecule has 2 aliphatic rings. The van der Waals surface area contributed by atoms with Crippen LogP contribution in [0.5, 0.6) is 0 Å². The molecule has 0 radical (unpaired) electrons. The second kappa shape index (κ2) is 8.60. The quantitative estimate of drug-likeness (QED) is 0.756. The predicted molar refractivity (Wildman–Crippen MR) is 108 cm³/mol. The van der Waals surface area contributed by atoms with E-state index in [9.17, 15) is 22.8 Å². The zero-order valence-electron chi connectivity index (χ0n) is 16.9. The molecule has 1 aliphatic carbocycles. The van der Waals surface area contributed by atoms with Crippen LogP contribution < -0.4 is 15.5 Å². The molecular formula is C21H24F3N5O2. The van der Waals surface area contributed by atoms with Gasteiger partial charge in [0.1, 0.15) is 0 Å². The zero-order valence-corrected chi connectivity index (χ0v) is 16.9. The van der Waals surface area contributed by atoms with Crippen molar-refractivity contribution in [3.8, 4) is 0 Å². The minimum atomic E-state index is -4.47. The van der Waals surface area contributed by atoms with Crippen LogP contribution in [0.2, 0.25) is 0 Å². The normalized spacial score (nSPS) is 21.8. The van der Waals surface area contributed by atoms with Gasteiger partial charge in [-0.3, -0.25) is 14.4 Å². The Bertz CT molecular complexity index is 950. The van der Waals surface area contributed by atoms with Gasteiger partial charge in [0.05, 0.1) is 5.56 Å². The third-order valence-electron chi connectivity index (χ3n) is 5.84. The van der Waals surface area contributed by atoms with Crippen LogP contribution >= 0.6 is 0 Å². The van der Waals surface area contributed by atoms with E-state index >= 15 is 0 Å². The Hall–Kier alpha value is -3.04. The highest BCUT2D eigenvalue weighted by molar-refractivity contribution is 5.94. The van der Waals surface area contributed by atoms with Gasteiger partial charge in [0, 0.05) is 43.5 Å². The van der Waals surface area contributed by atoms with Crippen molar-refractivity contribution in [1.82, 2.24) is 20.4 Å². The third-order valence-corrected chi connectivity index (χ3v) is 5.84. The van der Waals surface area contributed by atoms with E-state index in [2.05, 4.69) is 15.7 Å². The summed E-state index contributed by atoms with van der Waals surface area (Å²) >= 11 is 0. The summed E-state index contributed by atoms with van der Waals surface area (Å²) in [6, 6.07) is 6.12. The molecule has 3 amide bonds. The van der Waals surface area contributed by atoms with Gasteiger partial charge in [-0.25, -0.2) is 4.79 Å². The fourth-order valence-electron chi connectivity index (χ4n) is 4.15. The summed E-state index contributed by atoms with van der Waals surface area (Å²) in [6.45, 7) is 1.94. The zero-order chi connectivity index (χ0) is 22.0. The molecule has 10 heteroatoms. The lowest BCUT2D eigenvalue weighted by atomic mass is 9.86. The smallest absolute Gasteiger partial charge is 0.349 e. The number of aromatic nitrogens is 2. The van der Waals surface area contributed by atoms with Gasteiger partial charge >= 0.3 is 12.2 Å². The van der Waals surface area contributed by atoms with Crippen LogP contribution in [-0.2, 0) is 12.7 Å². The third kappa shape index (κ3) is 5.00. The number of alkyl halides is 3. The van der Waals surface area contributed by atoms with Gasteiger partial charge < -0.3 is 10.6 Å². The van der Waals surface area contributed by atoms with Crippen LogP contribution in [0.4, 0.5) is 23.8 Å². The highest BCUT2D eigenvalue weighted by Gasteiger charge is 2.31. The summed E-state index contributed by atoms with van der Waals surface area (Å²) in [7, 11) is 0. The number of carbonyl (C=O) groups excluding carboxylic acids is 2. The molecule has 0 bridgehead atoms. The lowest BCUT2D eigenvalue weighted by Crippen LogP contribution is -2.38. The summed E-state index contributed by atoms with van der Waals surface area (Å²) in [5, 5.41) is 10.1. The second-order valence-corrected chi connectivity index (χ2v) is 8.05. The molecule has 0 spiro atoms. The summed E-state index contributed by atoms with van der Waals surface area (Å²) < 4.78 is 40.4. The summed E-state index contributed by atoms with van der Waals surface area (Å²) in [4.78, 5) is 25.7. The van der Waals surface area contributed by atoms with Crippen LogP contribution in [0.25, 0.3) is 0 Å². The SMILES string of the molecule is O=C(NC1CCC(Cn2ccc(N3CCNC3=O)n2)CC1)c1cccc(C(F)(F)F)c1. The maximum Gasteiger partial charge on any atom is 0.416 e. The molecule has 1 saturated heterocycles. The number of nitrogens with zero attached hydrogens (tertiary/aromatic N) is 3. The lowest BCUT2D eigenvalue weighted by molar-refractivity contribution is -0.137. The molecule has 2 heterocycles. The molecule has 0 atom stereocenters. The monoisotopic (exact) mass is 435 g/mol. The Morgan fingerprint density at radius 2 is 1.97 bits per heavy atom. The van der Waals surface area contributed by atoms with E-state index in [1.165, 1.54) is 12.1 Å². The first-order valence-electron chi connectivity index (χ1n) is 10.4. The number of amides is 3. The average molecular weight is 435 g/mol. The molecule has 1 aromatic heterocycles. The first-order valence-corrected chi connectivity index (χ1v) is 10.4. The number of nitrogens with one attached hydrogen (secondary N) is 2. The highest BCUT2D eigenvalue weighted by atomic mass is 19.4. The molecule has 1 aromatic carbocycles. The predicted octanol–water partition coefficient (Wildman–Crippen LogP) is 3.42. The molecule has 1 aliphatic heterocycles. The number of hydrogen-bond acceptors (Lipinski definition) is 3. The Balaban J connectivity index is 1.27. The number of rotatable bonds is 5. The summed E-state index contributed by atoms with van der Waals surface area (Å²) in [5.74, 6) is 0.550. The molecule has 1 saturated carbocycles. The van der Waals surface area contributed by atoms with E-state index in [1.54, 1.807) is 4.90 Å². The number of benzene rings is 1. The van der Waals surface area contributed by atoms with Crippen molar-refractivity contribution in [2.75, 3.05) is 18.0 Å². The van der Waals surface area contributed by atoms with Gasteiger partial charge in [0.25, 0.3) is 5.91 Å². The van der Waals surface area contributed by atoms with Crippen molar-refractivity contribution < 1.29 is 22.8 Å². The summed E-state index contributed by atoms with van der Waals surface area (Å²) in [6.07, 6.45) is 0.678. The molecule has 2 fully saturated rings. The summed E-state index contributed by atoms with van der Waals surface area (Å²) in [5.41, 5.74) is -0.805. The Labute approximate surface area is 177 Å². The first kappa shape index (κ1) is 21.2. The Morgan fingerprint density at radius 1 is 1.19 bits per heavy atom. The van der Waals surface area contributed by atoms with E-state index < -0.39 is 17.6 Å². The van der Waals surface area contributed by atoms with E-state index in [4.69, 9.17) is 0 Å². The topological polar surface area (TPSA) is 79.3 Å². The number of halogens is 3. The number of urea groups is 1. The van der Waals surface area contributed by atoms with E-state index in [-0.39, 0.29) is 17.6 Å². The van der Waals surface area contributed by atoms with Crippen molar-refractivity contribution in [1.29, 1.82) is 0 Å². The maximum atomic E-state index is 12.9. The molecule has 166 valence electrons. The molecule has 7 nitrogen and oxygen atoms in total. The van der Waals surface area contributed by atoms with Gasteiger partial charge in [-0.15, -0.1) is 0 Å². The molecular weight excluding hydrogens is 411 g/mol. The van der Waals surface area contributed by atoms with E-state index in [0.29, 0.717) is 24.8 Å². The van der Waals surface area contributed by atoms with Crippen LogP contribution in [0, 0.1) is 5.92 Å². The second-order valence-electron chi connectivity index (χ2n) is 8.05. The average Bonchev–Trinajstić information content (AvgIpc) is 3.37. The lowest BCUT2D eigenvalue weighted by Gasteiger charge is -2.29. The first-order chi connectivity index (χ1) is 14.8. The molecule has 2 N–H and O–H groups in total. The molecule has 0 unspecified atom stereocenters. The molecule has 31 heavy (non-hydrogen) atoms. The Morgan fingerprint density at radius 3 is 2.65 bits per heavy atom. The van der Waals surface area contributed by atoms with Crippen molar-refractivity contribution in [2.24, 2.45) is 5.92 Å². The fraction of sp³-hybridized carbons (Fsp3) is 0.476. The van der Waals surface area contributed by atoms with Crippen LogP contribution in [0.3, 0.4) is 0 Å². The molecule has 4 rings (SSSR count). The van der Waals surface area contributed by atoms with E-state index in [1.807, 2.05) is 16.9 Å². The highest BCUT2D eigenvalue weighted by Crippen LogP contribution is 2.30. The van der Waals surface area contributed by atoms with Gasteiger partial charge in [0.15, 0.2) is 5.82 Å². The minimum absolute atomic E-state index is 0.0203. The van der Waals surface area contributed by atoms with Crippen LogP contribution in [0.15, 0.2) is 36.5 Å². The van der Waals surface area contributed by atoms with Gasteiger partial charge in [-0.05, 0) is 49.8 Å². The largest absolute Gasteiger partial charge is 0.416 e. The van der Waals surface area contributed by atoms with Gasteiger partial charge in [-0.1, -0.05) is 6.07 Å². The van der Waals surface area contributed by atoms with Crippen molar-refractivity contribution in [3.63, 3.8) is 0 Å². The van der Waals surface area contributed by atoms with Gasteiger partial charge in [-0.2, -0.15) is 18.3 Å². The van der Waals surface area contributed by atoms with E-state index in [0.717, 1.165) is 44.4 Å². The minimum Gasteiger partial charge on any atom is -0.349 e. The van der Waals surface area contributed by atoms with Crippen molar-refractivity contribution >= 4 is 17.8 Å². The van der Waals surface area contributed by atoms with Crippen LogP contribution in [-0.4, -0.2) is 40.9 Å². The number of carbonyl (C=O) groups is 2. The Kier molecular flexibility index (Phi) is 5.88. The van der Waals surface area contributed by atoms with Crippen LogP contribution in [0.1, 0.15) is 41.6 Å². The number of hydrogen-bond donors (Lipinski definition) is 2. The number of anilines is 1. The van der Waals surface area contributed by atoms with Crippen molar-refractivity contribution in [3.05, 3.63) is 47.7 Å².